The van der Waals surface area contributed by atoms with Crippen LogP contribution in [0.2, 0.25) is 0 Å². The molecular formula is C15H10N2O4. The Balaban J connectivity index is 2.22. The fraction of sp³-hybridized carbons (Fsp3) is 0.0667. The number of nitroso groups, excluding NO2 is 1. The van der Waals surface area contributed by atoms with E-state index in [1.165, 1.54) is 7.11 Å². The Hall–Kier alpha value is -3.02. The summed E-state index contributed by atoms with van der Waals surface area (Å²) in [5.74, 6) is -0.265. The number of para-hydroxylation sites is 1. The lowest BCUT2D eigenvalue weighted by molar-refractivity contribution is 0.0603. The van der Waals surface area contributed by atoms with E-state index in [0.29, 0.717) is 22.2 Å². The van der Waals surface area contributed by atoms with Gasteiger partial charge in [-0.05, 0) is 29.4 Å². The van der Waals surface area contributed by atoms with Gasteiger partial charge in [0.1, 0.15) is 11.2 Å². The van der Waals surface area contributed by atoms with E-state index in [1.807, 2.05) is 0 Å². The number of methoxy groups -OCH3 is 1. The number of nitrogens with zero attached hydrogens (tertiary/aromatic N) is 2. The number of hydrogen-bond acceptors (Lipinski definition) is 6. The molecular weight excluding hydrogens is 272 g/mol. The van der Waals surface area contributed by atoms with Gasteiger partial charge in [0.25, 0.3) is 0 Å². The predicted molar refractivity (Wildman–Crippen MR) is 76.2 cm³/mol. The first-order chi connectivity index (χ1) is 10.2. The van der Waals surface area contributed by atoms with Gasteiger partial charge in [-0.3, -0.25) is 0 Å². The van der Waals surface area contributed by atoms with Crippen molar-refractivity contribution in [3.63, 3.8) is 0 Å². The van der Waals surface area contributed by atoms with Gasteiger partial charge in [-0.25, -0.2) is 9.78 Å². The summed E-state index contributed by atoms with van der Waals surface area (Å²) < 4.78 is 10.3. The Morgan fingerprint density at radius 1 is 1.19 bits per heavy atom. The lowest BCUT2D eigenvalue weighted by Gasteiger charge is -1.97. The number of hydrogen-bond donors (Lipinski definition) is 0. The van der Waals surface area contributed by atoms with Gasteiger partial charge in [-0.15, -0.1) is 4.91 Å². The van der Waals surface area contributed by atoms with Crippen LogP contribution in [0.1, 0.15) is 10.4 Å². The highest BCUT2D eigenvalue weighted by Crippen LogP contribution is 2.32. The molecule has 0 fully saturated rings. The molecule has 0 bridgehead atoms. The van der Waals surface area contributed by atoms with Crippen molar-refractivity contribution in [3.8, 4) is 11.5 Å². The molecule has 2 aromatic carbocycles. The minimum atomic E-state index is -0.498. The van der Waals surface area contributed by atoms with Crippen LogP contribution in [0.4, 0.5) is 5.69 Å². The number of aromatic nitrogens is 1. The minimum Gasteiger partial charge on any atom is -0.465 e. The van der Waals surface area contributed by atoms with Crippen LogP contribution < -0.4 is 0 Å². The molecule has 0 unspecified atom stereocenters. The SMILES string of the molecule is COC(=O)c1cccc2oc(-c3ccccc3N=O)nc12. The standard InChI is InChI=1S/C15H10N2O4/c1-20-15(18)10-6-4-8-12-13(10)16-14(21-12)9-5-2-3-7-11(9)17-19/h2-8H,1H3. The second-order valence-electron chi connectivity index (χ2n) is 4.27. The fourth-order valence-corrected chi connectivity index (χ4v) is 2.07. The molecule has 0 aliphatic carbocycles. The number of carbonyl (C=O) groups is 1. The van der Waals surface area contributed by atoms with Gasteiger partial charge in [-0.1, -0.05) is 18.2 Å². The molecule has 0 radical (unpaired) electrons. The number of esters is 1. The third-order valence-corrected chi connectivity index (χ3v) is 3.06. The van der Waals surface area contributed by atoms with Crippen molar-refractivity contribution in [2.24, 2.45) is 5.18 Å². The third-order valence-electron chi connectivity index (χ3n) is 3.06. The molecule has 1 heterocycles. The Bertz CT molecular complexity index is 839. The largest absolute Gasteiger partial charge is 0.465 e. The summed E-state index contributed by atoms with van der Waals surface area (Å²) in [5, 5.41) is 2.95. The molecule has 0 atom stereocenters. The van der Waals surface area contributed by atoms with Gasteiger partial charge in [0.05, 0.1) is 18.2 Å². The first-order valence-electron chi connectivity index (χ1n) is 6.15. The topological polar surface area (TPSA) is 81.8 Å². The van der Waals surface area contributed by atoms with Crippen molar-refractivity contribution in [3.05, 3.63) is 52.9 Å². The van der Waals surface area contributed by atoms with Gasteiger partial charge < -0.3 is 9.15 Å². The molecule has 3 rings (SSSR count). The van der Waals surface area contributed by atoms with E-state index in [2.05, 4.69) is 10.2 Å². The van der Waals surface area contributed by atoms with E-state index in [1.54, 1.807) is 42.5 Å². The summed E-state index contributed by atoms with van der Waals surface area (Å²) in [6.45, 7) is 0. The Morgan fingerprint density at radius 2 is 2.00 bits per heavy atom. The Kier molecular flexibility index (Phi) is 3.19. The van der Waals surface area contributed by atoms with Crippen molar-refractivity contribution in [1.82, 2.24) is 4.98 Å². The molecule has 0 aliphatic rings. The number of benzene rings is 2. The smallest absolute Gasteiger partial charge is 0.340 e. The molecule has 0 saturated heterocycles. The zero-order valence-corrected chi connectivity index (χ0v) is 11.1. The number of fused-ring (bicyclic) bond motifs is 1. The maximum Gasteiger partial charge on any atom is 0.340 e. The molecule has 21 heavy (non-hydrogen) atoms. The first kappa shape index (κ1) is 13.0. The maximum atomic E-state index is 11.7. The summed E-state index contributed by atoms with van der Waals surface area (Å²) in [7, 11) is 1.30. The highest BCUT2D eigenvalue weighted by Gasteiger charge is 2.18. The summed E-state index contributed by atoms with van der Waals surface area (Å²) >= 11 is 0. The monoisotopic (exact) mass is 282 g/mol. The van der Waals surface area contributed by atoms with Crippen LogP contribution in [0.15, 0.2) is 52.1 Å². The van der Waals surface area contributed by atoms with Gasteiger partial charge >= 0.3 is 5.97 Å². The van der Waals surface area contributed by atoms with Gasteiger partial charge in [-0.2, -0.15) is 0 Å². The van der Waals surface area contributed by atoms with E-state index >= 15 is 0 Å². The zero-order chi connectivity index (χ0) is 14.8. The summed E-state index contributed by atoms with van der Waals surface area (Å²) in [4.78, 5) is 26.9. The van der Waals surface area contributed by atoms with Crippen molar-refractivity contribution in [2.75, 3.05) is 7.11 Å². The van der Waals surface area contributed by atoms with Crippen LogP contribution in [0.5, 0.6) is 0 Å². The highest BCUT2D eigenvalue weighted by atomic mass is 16.5. The molecule has 3 aromatic rings. The normalized spacial score (nSPS) is 10.5. The van der Waals surface area contributed by atoms with Crippen LogP contribution in [0, 0.1) is 4.91 Å². The molecule has 6 heteroatoms. The molecule has 104 valence electrons. The van der Waals surface area contributed by atoms with E-state index in [-0.39, 0.29) is 11.6 Å². The minimum absolute atomic E-state index is 0.226. The number of carbonyl (C=O) groups excluding carboxylic acids is 1. The van der Waals surface area contributed by atoms with Crippen molar-refractivity contribution < 1.29 is 13.9 Å². The second-order valence-corrected chi connectivity index (χ2v) is 4.27. The predicted octanol–water partition coefficient (Wildman–Crippen LogP) is 3.68. The molecule has 0 amide bonds. The maximum absolute atomic E-state index is 11.7. The third kappa shape index (κ3) is 2.16. The average molecular weight is 282 g/mol. The second kappa shape index (κ2) is 5.16. The van der Waals surface area contributed by atoms with Gasteiger partial charge in [0.15, 0.2) is 5.58 Å². The van der Waals surface area contributed by atoms with E-state index in [9.17, 15) is 9.70 Å². The van der Waals surface area contributed by atoms with E-state index < -0.39 is 5.97 Å². The molecule has 0 aliphatic heterocycles. The summed E-state index contributed by atoms with van der Waals surface area (Å²) in [6, 6.07) is 11.7. The number of oxazole rings is 1. The lowest BCUT2D eigenvalue weighted by atomic mass is 10.2. The van der Waals surface area contributed by atoms with Crippen LogP contribution >= 0.6 is 0 Å². The average Bonchev–Trinajstić information content (AvgIpc) is 2.97. The number of rotatable bonds is 3. The molecule has 0 saturated carbocycles. The van der Waals surface area contributed by atoms with Crippen LogP contribution in [0.25, 0.3) is 22.6 Å². The molecule has 0 spiro atoms. The summed E-state index contributed by atoms with van der Waals surface area (Å²) in [5.41, 5.74) is 1.83. The van der Waals surface area contributed by atoms with Gasteiger partial charge in [0, 0.05) is 0 Å². The van der Waals surface area contributed by atoms with E-state index in [0.717, 1.165) is 0 Å². The van der Waals surface area contributed by atoms with E-state index in [4.69, 9.17) is 9.15 Å². The van der Waals surface area contributed by atoms with Crippen LogP contribution in [-0.4, -0.2) is 18.1 Å². The Morgan fingerprint density at radius 3 is 2.76 bits per heavy atom. The summed E-state index contributed by atoms with van der Waals surface area (Å²) in [6.07, 6.45) is 0. The van der Waals surface area contributed by atoms with Crippen molar-refractivity contribution in [2.45, 2.75) is 0 Å². The Labute approximate surface area is 119 Å². The van der Waals surface area contributed by atoms with Crippen molar-refractivity contribution >= 4 is 22.8 Å². The molecule has 6 nitrogen and oxygen atoms in total. The van der Waals surface area contributed by atoms with Gasteiger partial charge in [0.2, 0.25) is 5.89 Å². The molecule has 1 aromatic heterocycles. The van der Waals surface area contributed by atoms with Crippen molar-refractivity contribution in [1.29, 1.82) is 0 Å². The first-order valence-corrected chi connectivity index (χ1v) is 6.15. The number of ether oxygens (including phenoxy) is 1. The lowest BCUT2D eigenvalue weighted by Crippen LogP contribution is -2.01. The quantitative estimate of drug-likeness (QED) is 0.540. The van der Waals surface area contributed by atoms with Crippen LogP contribution in [0.3, 0.4) is 0 Å². The zero-order valence-electron chi connectivity index (χ0n) is 11.1. The molecule has 0 N–H and O–H groups in total. The fourth-order valence-electron chi connectivity index (χ4n) is 2.07. The van der Waals surface area contributed by atoms with Crippen LogP contribution in [-0.2, 0) is 4.74 Å². The highest BCUT2D eigenvalue weighted by molar-refractivity contribution is 6.02.